The van der Waals surface area contributed by atoms with Gasteiger partial charge in [0.2, 0.25) is 11.8 Å². The summed E-state index contributed by atoms with van der Waals surface area (Å²) in [6.07, 6.45) is 4.29. The smallest absolute Gasteiger partial charge is 0.240 e. The summed E-state index contributed by atoms with van der Waals surface area (Å²) >= 11 is 12.1. The summed E-state index contributed by atoms with van der Waals surface area (Å²) in [6, 6.07) is 5.25. The van der Waals surface area contributed by atoms with E-state index in [1.54, 1.807) is 18.2 Å². The van der Waals surface area contributed by atoms with Gasteiger partial charge in [0.15, 0.2) is 0 Å². The molecule has 1 saturated carbocycles. The topological polar surface area (TPSA) is 49.4 Å². The van der Waals surface area contributed by atoms with Crippen molar-refractivity contribution >= 4 is 40.7 Å². The zero-order valence-electron chi connectivity index (χ0n) is 11.9. The van der Waals surface area contributed by atoms with E-state index in [1.165, 1.54) is 11.8 Å². The molecule has 1 aromatic carbocycles. The van der Waals surface area contributed by atoms with Gasteiger partial charge in [-0.2, -0.15) is 0 Å². The number of benzene rings is 1. The van der Waals surface area contributed by atoms with E-state index >= 15 is 0 Å². The van der Waals surface area contributed by atoms with Crippen LogP contribution in [0.5, 0.6) is 0 Å². The summed E-state index contributed by atoms with van der Waals surface area (Å²) in [5, 5.41) is 3.60. The maximum atomic E-state index is 12.1. The van der Waals surface area contributed by atoms with Gasteiger partial charge in [-0.05, 0) is 25.0 Å². The Balaban J connectivity index is 2.10. The Morgan fingerprint density at radius 2 is 1.95 bits per heavy atom. The number of hydrogen-bond donors (Lipinski definition) is 1. The molecule has 0 bridgehead atoms. The normalized spacial score (nSPS) is 15.0. The lowest BCUT2D eigenvalue weighted by molar-refractivity contribution is -0.123. The average Bonchev–Trinajstić information content (AvgIpc) is 2.92. The molecule has 1 aliphatic rings. The second-order valence-electron chi connectivity index (χ2n) is 5.23. The molecule has 0 unspecified atom stereocenters. The molecule has 1 fully saturated rings. The first-order valence-electron chi connectivity index (χ1n) is 7.00. The Morgan fingerprint density at radius 3 is 2.57 bits per heavy atom. The van der Waals surface area contributed by atoms with E-state index in [1.807, 2.05) is 0 Å². The third-order valence-corrected chi connectivity index (χ3v) is 4.43. The molecule has 2 amide bonds. The van der Waals surface area contributed by atoms with Gasteiger partial charge in [-0.1, -0.05) is 42.1 Å². The van der Waals surface area contributed by atoms with Crippen molar-refractivity contribution in [1.82, 2.24) is 5.32 Å². The van der Waals surface area contributed by atoms with Crippen LogP contribution in [-0.4, -0.2) is 24.4 Å². The summed E-state index contributed by atoms with van der Waals surface area (Å²) in [6.45, 7) is 1.35. The molecule has 0 heterocycles. The number of carbonyl (C=O) groups is 2. The molecule has 0 aliphatic heterocycles. The second-order valence-corrected chi connectivity index (χ2v) is 6.01. The molecule has 1 N–H and O–H groups in total. The summed E-state index contributed by atoms with van der Waals surface area (Å²) in [4.78, 5) is 25.3. The minimum Gasteiger partial charge on any atom is -0.352 e. The zero-order chi connectivity index (χ0) is 15.4. The molecule has 114 valence electrons. The van der Waals surface area contributed by atoms with Crippen LogP contribution < -0.4 is 10.2 Å². The lowest BCUT2D eigenvalue weighted by atomic mass is 10.2. The minimum absolute atomic E-state index is 0.0497. The standard InChI is InChI=1S/C15H18Cl2N2O2/c1-10(20)19(13-8-4-7-12(16)15(13)17)9-14(21)18-11-5-2-3-6-11/h4,7-8,11H,2-3,5-6,9H2,1H3,(H,18,21). The Bertz CT molecular complexity index is 542. The minimum atomic E-state index is -0.249. The van der Waals surface area contributed by atoms with Crippen molar-refractivity contribution in [2.24, 2.45) is 0 Å². The number of nitrogens with zero attached hydrogens (tertiary/aromatic N) is 1. The summed E-state index contributed by atoms with van der Waals surface area (Å²) in [5.41, 5.74) is 0.457. The van der Waals surface area contributed by atoms with Crippen LogP contribution in [-0.2, 0) is 9.59 Å². The average molecular weight is 329 g/mol. The monoisotopic (exact) mass is 328 g/mol. The number of amides is 2. The molecule has 2 rings (SSSR count). The highest BCUT2D eigenvalue weighted by Crippen LogP contribution is 2.32. The molecule has 0 aromatic heterocycles. The molecule has 0 radical (unpaired) electrons. The van der Waals surface area contributed by atoms with Crippen LogP contribution in [0.25, 0.3) is 0 Å². The van der Waals surface area contributed by atoms with E-state index in [0.29, 0.717) is 10.7 Å². The van der Waals surface area contributed by atoms with Crippen molar-refractivity contribution < 1.29 is 9.59 Å². The largest absolute Gasteiger partial charge is 0.352 e. The first-order chi connectivity index (χ1) is 9.99. The Morgan fingerprint density at radius 1 is 1.29 bits per heavy atom. The maximum absolute atomic E-state index is 12.1. The number of nitrogens with one attached hydrogen (secondary N) is 1. The molecule has 0 spiro atoms. The zero-order valence-corrected chi connectivity index (χ0v) is 13.4. The third kappa shape index (κ3) is 4.11. The van der Waals surface area contributed by atoms with Crippen LogP contribution in [0.3, 0.4) is 0 Å². The second kappa shape index (κ2) is 7.14. The van der Waals surface area contributed by atoms with Gasteiger partial charge in [0.1, 0.15) is 6.54 Å². The first kappa shape index (κ1) is 16.1. The fraction of sp³-hybridized carbons (Fsp3) is 0.467. The third-order valence-electron chi connectivity index (χ3n) is 3.62. The van der Waals surface area contributed by atoms with Crippen molar-refractivity contribution in [2.45, 2.75) is 38.6 Å². The van der Waals surface area contributed by atoms with Crippen molar-refractivity contribution in [1.29, 1.82) is 0 Å². The quantitative estimate of drug-likeness (QED) is 0.920. The predicted octanol–water partition coefficient (Wildman–Crippen LogP) is 3.41. The molecule has 6 heteroatoms. The Hall–Kier alpha value is -1.26. The van der Waals surface area contributed by atoms with Gasteiger partial charge in [-0.25, -0.2) is 0 Å². The lowest BCUT2D eigenvalue weighted by Crippen LogP contribution is -2.43. The fourth-order valence-electron chi connectivity index (χ4n) is 2.55. The van der Waals surface area contributed by atoms with E-state index in [4.69, 9.17) is 23.2 Å². The predicted molar refractivity (Wildman–Crippen MR) is 84.9 cm³/mol. The van der Waals surface area contributed by atoms with Gasteiger partial charge in [-0.3, -0.25) is 9.59 Å². The van der Waals surface area contributed by atoms with Crippen LogP contribution in [0.15, 0.2) is 18.2 Å². The van der Waals surface area contributed by atoms with E-state index in [0.717, 1.165) is 25.7 Å². The van der Waals surface area contributed by atoms with Crippen LogP contribution in [0.4, 0.5) is 5.69 Å². The molecular weight excluding hydrogens is 311 g/mol. The van der Waals surface area contributed by atoms with E-state index in [9.17, 15) is 9.59 Å². The van der Waals surface area contributed by atoms with Gasteiger partial charge in [0.05, 0.1) is 15.7 Å². The van der Waals surface area contributed by atoms with Crippen LogP contribution >= 0.6 is 23.2 Å². The van der Waals surface area contributed by atoms with E-state index < -0.39 is 0 Å². The lowest BCUT2D eigenvalue weighted by Gasteiger charge is -2.23. The number of rotatable bonds is 4. The van der Waals surface area contributed by atoms with Gasteiger partial charge in [0.25, 0.3) is 0 Å². The van der Waals surface area contributed by atoms with Gasteiger partial charge in [0, 0.05) is 13.0 Å². The maximum Gasteiger partial charge on any atom is 0.240 e. The van der Waals surface area contributed by atoms with Crippen molar-refractivity contribution in [2.75, 3.05) is 11.4 Å². The molecule has 0 atom stereocenters. The van der Waals surface area contributed by atoms with Gasteiger partial charge in [-0.15, -0.1) is 0 Å². The molecule has 21 heavy (non-hydrogen) atoms. The fourth-order valence-corrected chi connectivity index (χ4v) is 2.95. The molecule has 1 aromatic rings. The Labute approximate surface area is 134 Å². The van der Waals surface area contributed by atoms with Crippen molar-refractivity contribution in [3.63, 3.8) is 0 Å². The highest BCUT2D eigenvalue weighted by atomic mass is 35.5. The summed E-state index contributed by atoms with van der Waals surface area (Å²) in [7, 11) is 0. The van der Waals surface area contributed by atoms with Crippen LogP contribution in [0.1, 0.15) is 32.6 Å². The summed E-state index contributed by atoms with van der Waals surface area (Å²) in [5.74, 6) is -0.422. The number of hydrogen-bond acceptors (Lipinski definition) is 2. The molecule has 0 saturated heterocycles. The van der Waals surface area contributed by atoms with Gasteiger partial charge < -0.3 is 10.2 Å². The van der Waals surface area contributed by atoms with Crippen molar-refractivity contribution in [3.8, 4) is 0 Å². The number of halogens is 2. The Kier molecular flexibility index (Phi) is 5.48. The van der Waals surface area contributed by atoms with E-state index in [2.05, 4.69) is 5.32 Å². The number of carbonyl (C=O) groups excluding carboxylic acids is 2. The highest BCUT2D eigenvalue weighted by molar-refractivity contribution is 6.44. The van der Waals surface area contributed by atoms with Crippen molar-refractivity contribution in [3.05, 3.63) is 28.2 Å². The first-order valence-corrected chi connectivity index (χ1v) is 7.76. The SMILES string of the molecule is CC(=O)N(CC(=O)NC1CCCC1)c1cccc(Cl)c1Cl. The summed E-state index contributed by atoms with van der Waals surface area (Å²) < 4.78 is 0. The molecule has 1 aliphatic carbocycles. The number of anilines is 1. The van der Waals surface area contributed by atoms with Crippen LogP contribution in [0.2, 0.25) is 10.0 Å². The highest BCUT2D eigenvalue weighted by Gasteiger charge is 2.22. The van der Waals surface area contributed by atoms with Crippen LogP contribution in [0, 0.1) is 0 Å². The van der Waals surface area contributed by atoms with Gasteiger partial charge >= 0.3 is 0 Å². The molecule has 4 nitrogen and oxygen atoms in total. The van der Waals surface area contributed by atoms with E-state index in [-0.39, 0.29) is 29.4 Å². The molecular formula is C15H18Cl2N2O2.